The molecule has 3 aromatic heterocycles. The molecule has 0 bridgehead atoms. The van der Waals surface area contributed by atoms with Crippen molar-refractivity contribution in [1.29, 1.82) is 0 Å². The summed E-state index contributed by atoms with van der Waals surface area (Å²) in [5, 5.41) is 6.95. The van der Waals surface area contributed by atoms with Gasteiger partial charge in [0, 0.05) is 42.3 Å². The highest BCUT2D eigenvalue weighted by atomic mass is 32.1. The molecule has 10 nitrogen and oxygen atoms in total. The fourth-order valence-electron chi connectivity index (χ4n) is 5.16. The van der Waals surface area contributed by atoms with Gasteiger partial charge in [0.15, 0.2) is 11.6 Å². The van der Waals surface area contributed by atoms with Crippen LogP contribution in [0.3, 0.4) is 0 Å². The molecule has 1 saturated heterocycles. The molecule has 1 aliphatic rings. The number of nitrogens with one attached hydrogen (secondary N) is 1. The second-order valence-electron chi connectivity index (χ2n) is 9.46. The summed E-state index contributed by atoms with van der Waals surface area (Å²) in [6.07, 6.45) is 1.36. The van der Waals surface area contributed by atoms with Crippen molar-refractivity contribution >= 4 is 40.1 Å². The molecule has 1 fully saturated rings. The first kappa shape index (κ1) is 25.7. The number of imidazole rings is 1. The number of benzene rings is 2. The molecule has 6 rings (SSSR count). The van der Waals surface area contributed by atoms with Gasteiger partial charge in [-0.2, -0.15) is 9.36 Å². The molecule has 1 N–H and O–H groups in total. The van der Waals surface area contributed by atoms with Crippen LogP contribution in [-0.4, -0.2) is 42.9 Å². The van der Waals surface area contributed by atoms with Gasteiger partial charge in [-0.3, -0.25) is 14.2 Å². The van der Waals surface area contributed by atoms with Crippen LogP contribution in [-0.2, 0) is 4.79 Å². The number of halogens is 2. The molecule has 13 heteroatoms. The third-order valence-corrected chi connectivity index (χ3v) is 7.67. The van der Waals surface area contributed by atoms with Crippen molar-refractivity contribution in [2.75, 3.05) is 11.9 Å². The van der Waals surface area contributed by atoms with Crippen LogP contribution in [0.15, 0.2) is 40.9 Å². The zero-order valence-electron chi connectivity index (χ0n) is 21.7. The molecule has 204 valence electrons. The number of carbonyl (C=O) groups is 2. The summed E-state index contributed by atoms with van der Waals surface area (Å²) in [5.74, 6) is -1.60. The summed E-state index contributed by atoms with van der Waals surface area (Å²) < 4.78 is 39.4. The number of rotatable bonds is 5. The minimum absolute atomic E-state index is 0.000163. The van der Waals surface area contributed by atoms with E-state index in [0.29, 0.717) is 40.6 Å². The fourth-order valence-corrected chi connectivity index (χ4v) is 5.85. The monoisotopic (exact) mass is 563 g/mol. The van der Waals surface area contributed by atoms with Crippen LogP contribution in [0.2, 0.25) is 0 Å². The number of anilines is 1. The van der Waals surface area contributed by atoms with E-state index in [1.54, 1.807) is 4.57 Å². The SMILES string of the molecule is CNC(=O)c1nsc(-n2c(C3CCCC(=O)N3c3ccc(F)c(F)c3)nc3cc(-c4c(C)noc4C)ccc32)n1. The summed E-state index contributed by atoms with van der Waals surface area (Å²) >= 11 is 1.02. The maximum Gasteiger partial charge on any atom is 0.289 e. The zero-order valence-corrected chi connectivity index (χ0v) is 22.6. The van der Waals surface area contributed by atoms with Crippen molar-refractivity contribution < 1.29 is 22.9 Å². The Bertz CT molecular complexity index is 1770. The third kappa shape index (κ3) is 4.22. The second kappa shape index (κ2) is 9.90. The van der Waals surface area contributed by atoms with E-state index in [1.807, 2.05) is 32.0 Å². The molecule has 2 aromatic carbocycles. The van der Waals surface area contributed by atoms with E-state index >= 15 is 0 Å². The van der Waals surface area contributed by atoms with E-state index in [-0.39, 0.29) is 23.8 Å². The summed E-state index contributed by atoms with van der Waals surface area (Å²) in [6.45, 7) is 3.69. The quantitative estimate of drug-likeness (QED) is 0.318. The summed E-state index contributed by atoms with van der Waals surface area (Å²) in [5.41, 5.74) is 3.94. The number of hydrogen-bond donors (Lipinski definition) is 1. The Balaban J connectivity index is 1.56. The summed E-state index contributed by atoms with van der Waals surface area (Å²) in [4.78, 5) is 36.3. The third-order valence-electron chi connectivity index (χ3n) is 6.97. The van der Waals surface area contributed by atoms with E-state index in [1.165, 1.54) is 18.0 Å². The number of nitrogens with zero attached hydrogens (tertiary/aromatic N) is 6. The molecule has 0 aliphatic carbocycles. The van der Waals surface area contributed by atoms with Gasteiger partial charge in [-0.25, -0.2) is 13.8 Å². The standard InChI is InChI=1S/C27H23F2N7O3S/c1-13-23(14(2)39-33-13)15-7-10-20-19(11-15)31-25(36(20)27-32-24(34-40-27)26(38)30-3)21-5-4-6-22(37)35(21)16-8-9-17(28)18(29)12-16/h7-12,21H,4-6H2,1-3H3,(H,30,38). The molecule has 1 atom stereocenters. The van der Waals surface area contributed by atoms with E-state index in [9.17, 15) is 18.4 Å². The first-order valence-corrected chi connectivity index (χ1v) is 13.3. The number of amides is 2. The molecule has 4 heterocycles. The smallest absolute Gasteiger partial charge is 0.289 e. The molecule has 1 aliphatic heterocycles. The zero-order chi connectivity index (χ0) is 28.1. The fraction of sp³-hybridized carbons (Fsp3) is 0.259. The number of fused-ring (bicyclic) bond motifs is 1. The van der Waals surface area contributed by atoms with Gasteiger partial charge < -0.3 is 14.7 Å². The number of aromatic nitrogens is 5. The molecule has 0 radical (unpaired) electrons. The van der Waals surface area contributed by atoms with Gasteiger partial charge in [-0.1, -0.05) is 11.2 Å². The summed E-state index contributed by atoms with van der Waals surface area (Å²) in [7, 11) is 1.49. The maximum absolute atomic E-state index is 14.3. The lowest BCUT2D eigenvalue weighted by Crippen LogP contribution is -2.39. The lowest BCUT2D eigenvalue weighted by atomic mass is 9.99. The highest BCUT2D eigenvalue weighted by Gasteiger charge is 2.35. The van der Waals surface area contributed by atoms with E-state index in [4.69, 9.17) is 9.51 Å². The second-order valence-corrected chi connectivity index (χ2v) is 10.2. The first-order valence-electron chi connectivity index (χ1n) is 12.6. The van der Waals surface area contributed by atoms with Gasteiger partial charge >= 0.3 is 0 Å². The lowest BCUT2D eigenvalue weighted by Gasteiger charge is -2.35. The van der Waals surface area contributed by atoms with Gasteiger partial charge in [0.25, 0.3) is 5.91 Å². The maximum atomic E-state index is 14.3. The predicted octanol–water partition coefficient (Wildman–Crippen LogP) is 5.04. The number of aryl methyl sites for hydroxylation is 2. The minimum Gasteiger partial charge on any atom is -0.361 e. The molecular formula is C27H23F2N7O3S. The Labute approximate surface area is 230 Å². The van der Waals surface area contributed by atoms with Crippen LogP contribution in [0, 0.1) is 25.5 Å². The molecule has 0 spiro atoms. The number of carbonyl (C=O) groups excluding carboxylic acids is 2. The van der Waals surface area contributed by atoms with Crippen molar-refractivity contribution in [3.63, 3.8) is 0 Å². The molecule has 5 aromatic rings. The van der Waals surface area contributed by atoms with Crippen LogP contribution < -0.4 is 10.2 Å². The van der Waals surface area contributed by atoms with Crippen molar-refractivity contribution in [2.45, 2.75) is 39.2 Å². The average Bonchev–Trinajstić information content (AvgIpc) is 3.66. The Hall–Kier alpha value is -4.52. The molecule has 1 unspecified atom stereocenters. The van der Waals surface area contributed by atoms with Crippen LogP contribution in [0.1, 0.15) is 53.2 Å². The molecule has 2 amide bonds. The van der Waals surface area contributed by atoms with Crippen molar-refractivity contribution in [3.8, 4) is 16.3 Å². The first-order chi connectivity index (χ1) is 19.3. The number of piperidine rings is 1. The van der Waals surface area contributed by atoms with E-state index < -0.39 is 23.6 Å². The molecular weight excluding hydrogens is 540 g/mol. The topological polar surface area (TPSA) is 119 Å². The predicted molar refractivity (Wildman–Crippen MR) is 143 cm³/mol. The van der Waals surface area contributed by atoms with Crippen LogP contribution in [0.25, 0.3) is 27.3 Å². The van der Waals surface area contributed by atoms with Crippen LogP contribution in [0.5, 0.6) is 0 Å². The highest BCUT2D eigenvalue weighted by Crippen LogP contribution is 2.39. The normalized spacial score (nSPS) is 15.7. The lowest BCUT2D eigenvalue weighted by molar-refractivity contribution is -0.120. The largest absolute Gasteiger partial charge is 0.361 e. The van der Waals surface area contributed by atoms with Gasteiger partial charge in [0.05, 0.1) is 22.8 Å². The highest BCUT2D eigenvalue weighted by molar-refractivity contribution is 7.08. The van der Waals surface area contributed by atoms with Crippen LogP contribution >= 0.6 is 11.5 Å². The van der Waals surface area contributed by atoms with E-state index in [0.717, 1.165) is 40.5 Å². The van der Waals surface area contributed by atoms with E-state index in [2.05, 4.69) is 19.8 Å². The Morgan fingerprint density at radius 3 is 2.67 bits per heavy atom. The van der Waals surface area contributed by atoms with Crippen LogP contribution in [0.4, 0.5) is 14.5 Å². The number of hydrogen-bond acceptors (Lipinski definition) is 8. The minimum atomic E-state index is -1.05. The Morgan fingerprint density at radius 2 is 1.95 bits per heavy atom. The Morgan fingerprint density at radius 1 is 1.12 bits per heavy atom. The van der Waals surface area contributed by atoms with Gasteiger partial charge in [-0.15, -0.1) is 0 Å². The Kier molecular flexibility index (Phi) is 6.37. The van der Waals surface area contributed by atoms with Gasteiger partial charge in [0.2, 0.25) is 16.9 Å². The molecule has 40 heavy (non-hydrogen) atoms. The average molecular weight is 564 g/mol. The summed E-state index contributed by atoms with van der Waals surface area (Å²) in [6, 6.07) is 8.47. The van der Waals surface area contributed by atoms with Crippen molar-refractivity contribution in [3.05, 3.63) is 71.1 Å². The molecule has 0 saturated carbocycles. The van der Waals surface area contributed by atoms with Gasteiger partial charge in [0.1, 0.15) is 11.6 Å². The van der Waals surface area contributed by atoms with Crippen molar-refractivity contribution in [2.24, 2.45) is 0 Å². The van der Waals surface area contributed by atoms with Crippen molar-refractivity contribution in [1.82, 2.24) is 29.4 Å². The van der Waals surface area contributed by atoms with Gasteiger partial charge in [-0.05, 0) is 56.5 Å².